The van der Waals surface area contributed by atoms with Gasteiger partial charge in [-0.25, -0.2) is 13.1 Å². The summed E-state index contributed by atoms with van der Waals surface area (Å²) in [4.78, 5) is 6.12. The lowest BCUT2D eigenvalue weighted by molar-refractivity contribution is 0.211. The number of nitrogens with zero attached hydrogens (tertiary/aromatic N) is 1. The fourth-order valence-corrected chi connectivity index (χ4v) is 5.62. The number of likely N-dealkylation sites (tertiary alicyclic amines) is 1. The molecule has 7 heteroatoms. The summed E-state index contributed by atoms with van der Waals surface area (Å²) in [5, 5.41) is 1.34. The molecule has 0 spiro atoms. The van der Waals surface area contributed by atoms with Gasteiger partial charge in [0, 0.05) is 23.6 Å². The lowest BCUT2D eigenvalue weighted by Gasteiger charge is -2.32. The van der Waals surface area contributed by atoms with Crippen LogP contribution in [0.1, 0.15) is 50.5 Å². The summed E-state index contributed by atoms with van der Waals surface area (Å²) in [5.74, 6) is 1.29. The Morgan fingerprint density at radius 2 is 1.82 bits per heavy atom. The van der Waals surface area contributed by atoms with E-state index in [-0.39, 0.29) is 4.90 Å². The van der Waals surface area contributed by atoms with Crippen LogP contribution < -0.4 is 9.46 Å². The van der Waals surface area contributed by atoms with E-state index < -0.39 is 10.0 Å². The summed E-state index contributed by atoms with van der Waals surface area (Å²) in [6.07, 6.45) is 7.31. The maximum atomic E-state index is 12.6. The van der Waals surface area contributed by atoms with E-state index in [1.165, 1.54) is 16.5 Å². The maximum Gasteiger partial charge on any atom is 0.240 e. The molecule has 2 heterocycles. The van der Waals surface area contributed by atoms with Crippen LogP contribution in [0.4, 0.5) is 0 Å². The van der Waals surface area contributed by atoms with E-state index in [9.17, 15) is 8.42 Å². The van der Waals surface area contributed by atoms with E-state index in [1.807, 2.05) is 0 Å². The van der Waals surface area contributed by atoms with Gasteiger partial charge in [-0.1, -0.05) is 31.5 Å². The molecule has 3 aromatic rings. The average Bonchev–Trinajstić information content (AvgIpc) is 3.27. The van der Waals surface area contributed by atoms with Crippen molar-refractivity contribution in [2.45, 2.75) is 49.8 Å². The van der Waals surface area contributed by atoms with Crippen LogP contribution in [0.15, 0.2) is 59.6 Å². The lowest BCUT2D eigenvalue weighted by Crippen LogP contribution is -2.35. The number of H-pyrrole nitrogens is 1. The van der Waals surface area contributed by atoms with Crippen molar-refractivity contribution in [1.29, 1.82) is 0 Å². The van der Waals surface area contributed by atoms with Crippen LogP contribution in [0, 0.1) is 0 Å². The number of unbranched alkanes of at least 4 members (excludes halogenated alkanes) is 1. The maximum absolute atomic E-state index is 12.6. The molecule has 1 aliphatic rings. The molecule has 0 aliphatic carbocycles. The summed E-state index contributed by atoms with van der Waals surface area (Å²) >= 11 is 0. The molecule has 0 radical (unpaired) electrons. The molecule has 0 unspecified atom stereocenters. The SMILES string of the molecule is CCCCOc1ccc(S(=O)(=O)NCCCN2CCC(c3c[nH]c4ccccc34)CC2)cc1. The van der Waals surface area contributed by atoms with Crippen molar-refractivity contribution in [3.05, 3.63) is 60.3 Å². The first-order chi connectivity index (χ1) is 16.1. The quantitative estimate of drug-likeness (QED) is 0.392. The summed E-state index contributed by atoms with van der Waals surface area (Å²) in [7, 11) is -3.49. The normalized spacial score (nSPS) is 15.8. The number of fused-ring (bicyclic) bond motifs is 1. The van der Waals surface area contributed by atoms with Crippen molar-refractivity contribution in [2.75, 3.05) is 32.8 Å². The predicted molar refractivity (Wildman–Crippen MR) is 133 cm³/mol. The van der Waals surface area contributed by atoms with Crippen LogP contribution >= 0.6 is 0 Å². The smallest absolute Gasteiger partial charge is 0.240 e. The van der Waals surface area contributed by atoms with Crippen molar-refractivity contribution in [3.63, 3.8) is 0 Å². The number of rotatable bonds is 11. The van der Waals surface area contributed by atoms with Crippen molar-refractivity contribution in [2.24, 2.45) is 0 Å². The minimum Gasteiger partial charge on any atom is -0.494 e. The van der Waals surface area contributed by atoms with Gasteiger partial charge in [0.1, 0.15) is 5.75 Å². The molecule has 2 aromatic carbocycles. The van der Waals surface area contributed by atoms with E-state index in [4.69, 9.17) is 4.74 Å². The molecule has 0 saturated carbocycles. The number of piperidine rings is 1. The Bertz CT molecular complexity index is 1120. The van der Waals surface area contributed by atoms with Crippen molar-refractivity contribution in [3.8, 4) is 5.75 Å². The van der Waals surface area contributed by atoms with E-state index >= 15 is 0 Å². The van der Waals surface area contributed by atoms with Crippen LogP contribution in [0.2, 0.25) is 0 Å². The summed E-state index contributed by atoms with van der Waals surface area (Å²) in [6, 6.07) is 15.2. The third-order valence-corrected chi connectivity index (χ3v) is 7.97. The number of para-hydroxylation sites is 1. The molecule has 6 nitrogen and oxygen atoms in total. The largest absolute Gasteiger partial charge is 0.494 e. The Hall–Kier alpha value is -2.35. The number of hydrogen-bond donors (Lipinski definition) is 2. The van der Waals surface area contributed by atoms with Crippen LogP contribution in [-0.4, -0.2) is 51.1 Å². The zero-order valence-electron chi connectivity index (χ0n) is 19.4. The topological polar surface area (TPSA) is 74.4 Å². The fraction of sp³-hybridized carbons (Fsp3) is 0.462. The molecular weight excluding hydrogens is 434 g/mol. The van der Waals surface area contributed by atoms with Gasteiger partial charge in [-0.2, -0.15) is 0 Å². The molecule has 1 aliphatic heterocycles. The molecule has 2 N–H and O–H groups in total. The molecule has 33 heavy (non-hydrogen) atoms. The van der Waals surface area contributed by atoms with Gasteiger partial charge in [0.05, 0.1) is 11.5 Å². The van der Waals surface area contributed by atoms with E-state index in [1.54, 1.807) is 24.3 Å². The third kappa shape index (κ3) is 6.16. The highest BCUT2D eigenvalue weighted by Crippen LogP contribution is 2.33. The second kappa shape index (κ2) is 11.2. The monoisotopic (exact) mass is 469 g/mol. The number of hydrogen-bond acceptors (Lipinski definition) is 4. The Morgan fingerprint density at radius 3 is 2.58 bits per heavy atom. The molecular formula is C26H35N3O3S. The average molecular weight is 470 g/mol. The van der Waals surface area contributed by atoms with E-state index in [0.717, 1.165) is 51.7 Å². The minimum absolute atomic E-state index is 0.282. The molecule has 0 bridgehead atoms. The molecule has 1 aromatic heterocycles. The van der Waals surface area contributed by atoms with Crippen LogP contribution in [-0.2, 0) is 10.0 Å². The highest BCUT2D eigenvalue weighted by Gasteiger charge is 2.22. The molecule has 1 fully saturated rings. The zero-order chi connectivity index (χ0) is 23.1. The van der Waals surface area contributed by atoms with Gasteiger partial charge in [0.2, 0.25) is 10.0 Å². The second-order valence-electron chi connectivity index (χ2n) is 8.83. The minimum atomic E-state index is -3.49. The van der Waals surface area contributed by atoms with Crippen LogP contribution in [0.25, 0.3) is 10.9 Å². The Balaban J connectivity index is 1.19. The molecule has 4 rings (SSSR count). The molecule has 178 valence electrons. The first-order valence-corrected chi connectivity index (χ1v) is 13.6. The molecule has 0 amide bonds. The highest BCUT2D eigenvalue weighted by atomic mass is 32.2. The lowest BCUT2D eigenvalue weighted by atomic mass is 9.89. The predicted octanol–water partition coefficient (Wildman–Crippen LogP) is 4.89. The fourth-order valence-electron chi connectivity index (χ4n) is 4.54. The van der Waals surface area contributed by atoms with Gasteiger partial charge in [0.15, 0.2) is 0 Å². The Labute approximate surface area is 197 Å². The second-order valence-corrected chi connectivity index (χ2v) is 10.6. The Kier molecular flexibility index (Phi) is 8.06. The summed E-state index contributed by atoms with van der Waals surface area (Å²) < 4.78 is 33.5. The number of aromatic amines is 1. The van der Waals surface area contributed by atoms with Gasteiger partial charge >= 0.3 is 0 Å². The number of sulfonamides is 1. The zero-order valence-corrected chi connectivity index (χ0v) is 20.2. The van der Waals surface area contributed by atoms with Crippen molar-refractivity contribution in [1.82, 2.24) is 14.6 Å². The number of nitrogens with one attached hydrogen (secondary N) is 2. The summed E-state index contributed by atoms with van der Waals surface area (Å²) in [5.41, 5.74) is 2.64. The molecule has 1 saturated heterocycles. The number of aromatic nitrogens is 1. The number of benzene rings is 2. The van der Waals surface area contributed by atoms with Gasteiger partial charge in [-0.3, -0.25) is 0 Å². The Morgan fingerprint density at radius 1 is 1.06 bits per heavy atom. The van der Waals surface area contributed by atoms with Crippen LogP contribution in [0.3, 0.4) is 0 Å². The van der Waals surface area contributed by atoms with Gasteiger partial charge in [-0.15, -0.1) is 0 Å². The van der Waals surface area contributed by atoms with Crippen LogP contribution in [0.5, 0.6) is 5.75 Å². The third-order valence-electron chi connectivity index (χ3n) is 6.49. The van der Waals surface area contributed by atoms with E-state index in [0.29, 0.717) is 24.8 Å². The number of ether oxygens (including phenoxy) is 1. The highest BCUT2D eigenvalue weighted by molar-refractivity contribution is 7.89. The van der Waals surface area contributed by atoms with E-state index in [2.05, 4.69) is 52.0 Å². The van der Waals surface area contributed by atoms with Gasteiger partial charge < -0.3 is 14.6 Å². The summed E-state index contributed by atoms with van der Waals surface area (Å²) in [6.45, 7) is 6.22. The van der Waals surface area contributed by atoms with Gasteiger partial charge in [-0.05, 0) is 87.1 Å². The van der Waals surface area contributed by atoms with Crippen molar-refractivity contribution >= 4 is 20.9 Å². The standard InChI is InChI=1S/C26H35N3O3S/c1-2-3-19-32-22-9-11-23(12-10-22)33(30,31)28-15-6-16-29-17-13-21(14-18-29)25-20-27-26-8-5-4-7-24(25)26/h4-5,7-12,20-21,27-28H,2-3,6,13-19H2,1H3. The first-order valence-electron chi connectivity index (χ1n) is 12.1. The first kappa shape index (κ1) is 23.8. The molecule has 0 atom stereocenters. The van der Waals surface area contributed by atoms with Gasteiger partial charge in [0.25, 0.3) is 0 Å². The van der Waals surface area contributed by atoms with Crippen molar-refractivity contribution < 1.29 is 13.2 Å².